The number of hydrogen-bond donors (Lipinski definition) is 0. The molecule has 1 unspecified atom stereocenters. The van der Waals surface area contributed by atoms with Crippen LogP contribution < -0.4 is 0 Å². The third-order valence-electron chi connectivity index (χ3n) is 7.17. The van der Waals surface area contributed by atoms with Crippen LogP contribution >= 0.6 is 0 Å². The molecule has 0 aromatic heterocycles. The molecular weight excluding hydrogens is 386 g/mol. The lowest BCUT2D eigenvalue weighted by Gasteiger charge is -2.23. The summed E-state index contributed by atoms with van der Waals surface area (Å²) in [7, 11) is 4.51. The highest BCUT2D eigenvalue weighted by Crippen LogP contribution is 2.16. The van der Waals surface area contributed by atoms with E-state index in [0.717, 1.165) is 6.04 Å². The number of rotatable bonds is 26. The maximum Gasteiger partial charge on any atom is 0.0124 e. The molecule has 0 heterocycles. The zero-order valence-electron chi connectivity index (χ0n) is 23.1. The average Bonchev–Trinajstić information content (AvgIpc) is 2.78. The first-order valence-electron chi connectivity index (χ1n) is 15.0. The van der Waals surface area contributed by atoms with Crippen molar-refractivity contribution < 1.29 is 0 Å². The Morgan fingerprint density at radius 1 is 0.469 bits per heavy atom. The molecule has 0 spiro atoms. The van der Waals surface area contributed by atoms with Gasteiger partial charge in [0, 0.05) is 6.04 Å². The van der Waals surface area contributed by atoms with Crippen molar-refractivity contribution in [3.8, 4) is 0 Å². The SMILES string of the molecule is CCCCCC/C=C/CC(CCCCCCCCCCCCCCCCCCC)N(C)C. The average molecular weight is 450 g/mol. The second-order valence-electron chi connectivity index (χ2n) is 10.6. The quantitative estimate of drug-likeness (QED) is 0.0937. The van der Waals surface area contributed by atoms with Crippen LogP contribution in [0.3, 0.4) is 0 Å². The highest BCUT2D eigenvalue weighted by atomic mass is 15.1. The molecule has 1 heteroatoms. The summed E-state index contributed by atoms with van der Waals surface area (Å²) in [5.41, 5.74) is 0. The highest BCUT2D eigenvalue weighted by molar-refractivity contribution is 4.86. The third kappa shape index (κ3) is 24.3. The molecule has 192 valence electrons. The van der Waals surface area contributed by atoms with Crippen LogP contribution in [0.4, 0.5) is 0 Å². The summed E-state index contributed by atoms with van der Waals surface area (Å²) < 4.78 is 0. The van der Waals surface area contributed by atoms with E-state index in [0.29, 0.717) is 0 Å². The summed E-state index contributed by atoms with van der Waals surface area (Å²) in [4.78, 5) is 2.44. The van der Waals surface area contributed by atoms with E-state index in [1.807, 2.05) is 0 Å². The minimum absolute atomic E-state index is 0.734. The van der Waals surface area contributed by atoms with Crippen molar-refractivity contribution in [2.75, 3.05) is 14.1 Å². The van der Waals surface area contributed by atoms with Crippen molar-refractivity contribution in [3.05, 3.63) is 12.2 Å². The summed E-state index contributed by atoms with van der Waals surface area (Å²) in [6.45, 7) is 4.59. The van der Waals surface area contributed by atoms with E-state index < -0.39 is 0 Å². The molecule has 0 aliphatic heterocycles. The molecule has 0 rings (SSSR count). The van der Waals surface area contributed by atoms with Crippen LogP contribution in [0.25, 0.3) is 0 Å². The van der Waals surface area contributed by atoms with Crippen LogP contribution in [-0.2, 0) is 0 Å². The van der Waals surface area contributed by atoms with Crippen molar-refractivity contribution in [1.29, 1.82) is 0 Å². The van der Waals surface area contributed by atoms with Crippen molar-refractivity contribution in [1.82, 2.24) is 4.90 Å². The zero-order chi connectivity index (χ0) is 23.5. The summed E-state index contributed by atoms with van der Waals surface area (Å²) in [5, 5.41) is 0. The molecule has 0 aliphatic carbocycles. The van der Waals surface area contributed by atoms with E-state index in [2.05, 4.69) is 45.0 Å². The summed E-state index contributed by atoms with van der Waals surface area (Å²) >= 11 is 0. The molecule has 0 aromatic carbocycles. The van der Waals surface area contributed by atoms with Gasteiger partial charge in [-0.3, -0.25) is 0 Å². The molecule has 1 nitrogen and oxygen atoms in total. The normalized spacial score (nSPS) is 12.9. The molecule has 1 atom stereocenters. The van der Waals surface area contributed by atoms with E-state index in [-0.39, 0.29) is 0 Å². The van der Waals surface area contributed by atoms with Gasteiger partial charge >= 0.3 is 0 Å². The maximum atomic E-state index is 2.45. The van der Waals surface area contributed by atoms with Gasteiger partial charge in [0.25, 0.3) is 0 Å². The number of nitrogens with zero attached hydrogens (tertiary/aromatic N) is 1. The molecule has 0 fully saturated rings. The van der Waals surface area contributed by atoms with Gasteiger partial charge in [0.05, 0.1) is 0 Å². The lowest BCUT2D eigenvalue weighted by molar-refractivity contribution is 0.273. The maximum absolute atomic E-state index is 2.45. The van der Waals surface area contributed by atoms with E-state index in [1.54, 1.807) is 0 Å². The Morgan fingerprint density at radius 2 is 0.844 bits per heavy atom. The molecule has 0 saturated carbocycles. The fourth-order valence-corrected chi connectivity index (χ4v) is 4.75. The van der Waals surface area contributed by atoms with Crippen molar-refractivity contribution in [2.45, 2.75) is 174 Å². The van der Waals surface area contributed by atoms with E-state index in [4.69, 9.17) is 0 Å². The number of allylic oxidation sites excluding steroid dienone is 1. The largest absolute Gasteiger partial charge is 0.306 e. The molecule has 0 saturated heterocycles. The van der Waals surface area contributed by atoms with Gasteiger partial charge in [-0.25, -0.2) is 0 Å². The molecule has 0 N–H and O–H groups in total. The number of hydrogen-bond acceptors (Lipinski definition) is 1. The standard InChI is InChI=1S/C31H63N/c1-5-7-9-11-13-14-15-16-17-18-19-20-21-22-24-26-28-30-31(32(3)4)29-27-25-23-12-10-8-6-2/h25,27,31H,5-24,26,28-30H2,1-4H3/b27-25+. The van der Waals surface area contributed by atoms with Crippen LogP contribution in [0.15, 0.2) is 12.2 Å². The summed E-state index contributed by atoms with van der Waals surface area (Å²) in [5.74, 6) is 0. The van der Waals surface area contributed by atoms with Gasteiger partial charge in [-0.05, 0) is 39.8 Å². The van der Waals surface area contributed by atoms with Gasteiger partial charge in [0.15, 0.2) is 0 Å². The topological polar surface area (TPSA) is 3.24 Å². The fraction of sp³-hybridized carbons (Fsp3) is 0.935. The van der Waals surface area contributed by atoms with E-state index in [9.17, 15) is 0 Å². The Balaban J connectivity index is 3.39. The lowest BCUT2D eigenvalue weighted by Crippen LogP contribution is -2.27. The minimum Gasteiger partial charge on any atom is -0.306 e. The molecule has 0 aromatic rings. The zero-order valence-corrected chi connectivity index (χ0v) is 23.1. The first kappa shape index (κ1) is 31.7. The Bertz CT molecular complexity index is 359. The van der Waals surface area contributed by atoms with Crippen LogP contribution in [0.1, 0.15) is 168 Å². The van der Waals surface area contributed by atoms with Crippen molar-refractivity contribution in [2.24, 2.45) is 0 Å². The van der Waals surface area contributed by atoms with E-state index >= 15 is 0 Å². The minimum atomic E-state index is 0.734. The van der Waals surface area contributed by atoms with Gasteiger partial charge in [0.2, 0.25) is 0 Å². The van der Waals surface area contributed by atoms with E-state index in [1.165, 1.54) is 154 Å². The predicted octanol–water partition coefficient (Wildman–Crippen LogP) is 10.9. The van der Waals surface area contributed by atoms with Crippen LogP contribution in [0.2, 0.25) is 0 Å². The summed E-state index contributed by atoms with van der Waals surface area (Å²) in [6.07, 6.45) is 39.1. The first-order valence-corrected chi connectivity index (χ1v) is 15.0. The van der Waals surface area contributed by atoms with Crippen LogP contribution in [-0.4, -0.2) is 25.0 Å². The van der Waals surface area contributed by atoms with Crippen LogP contribution in [0.5, 0.6) is 0 Å². The lowest BCUT2D eigenvalue weighted by atomic mass is 10.0. The van der Waals surface area contributed by atoms with Gasteiger partial charge in [-0.2, -0.15) is 0 Å². The summed E-state index contributed by atoms with van der Waals surface area (Å²) in [6, 6.07) is 0.734. The molecule has 0 amide bonds. The molecular formula is C31H63N. The van der Waals surface area contributed by atoms with Crippen molar-refractivity contribution in [3.63, 3.8) is 0 Å². The van der Waals surface area contributed by atoms with Crippen LogP contribution in [0, 0.1) is 0 Å². The van der Waals surface area contributed by atoms with Gasteiger partial charge in [-0.15, -0.1) is 0 Å². The second kappa shape index (κ2) is 26.9. The second-order valence-corrected chi connectivity index (χ2v) is 10.6. The van der Waals surface area contributed by atoms with Crippen molar-refractivity contribution >= 4 is 0 Å². The Kier molecular flexibility index (Phi) is 26.7. The Morgan fingerprint density at radius 3 is 1.25 bits per heavy atom. The predicted molar refractivity (Wildman–Crippen MR) is 149 cm³/mol. The highest BCUT2D eigenvalue weighted by Gasteiger charge is 2.08. The Hall–Kier alpha value is -0.300. The third-order valence-corrected chi connectivity index (χ3v) is 7.17. The molecule has 0 radical (unpaired) electrons. The van der Waals surface area contributed by atoms with Gasteiger partial charge in [0.1, 0.15) is 0 Å². The van der Waals surface area contributed by atoms with Gasteiger partial charge < -0.3 is 4.90 Å². The molecule has 0 aliphatic rings. The fourth-order valence-electron chi connectivity index (χ4n) is 4.75. The first-order chi connectivity index (χ1) is 15.7. The molecule has 32 heavy (non-hydrogen) atoms. The Labute approximate surface area is 205 Å². The smallest absolute Gasteiger partial charge is 0.0124 e. The monoisotopic (exact) mass is 449 g/mol. The number of unbranched alkanes of at least 4 members (excludes halogenated alkanes) is 20. The molecule has 0 bridgehead atoms. The van der Waals surface area contributed by atoms with Gasteiger partial charge in [-0.1, -0.05) is 154 Å².